The van der Waals surface area contributed by atoms with E-state index < -0.39 is 0 Å². The van der Waals surface area contributed by atoms with E-state index in [0.29, 0.717) is 0 Å². The third-order valence-corrected chi connectivity index (χ3v) is 5.31. The second-order valence-corrected chi connectivity index (χ2v) is 7.72. The van der Waals surface area contributed by atoms with Crippen LogP contribution in [0.3, 0.4) is 0 Å². The second kappa shape index (κ2) is 12.4. The van der Waals surface area contributed by atoms with Crippen molar-refractivity contribution in [3.63, 3.8) is 0 Å². The molecule has 6 aromatic carbocycles. The van der Waals surface area contributed by atoms with Gasteiger partial charge in [-0.05, 0) is 43.1 Å². The molecule has 0 aliphatic carbocycles. The van der Waals surface area contributed by atoms with Gasteiger partial charge in [0.05, 0.1) is 0 Å². The molecule has 0 radical (unpaired) electrons. The van der Waals surface area contributed by atoms with Crippen LogP contribution < -0.4 is 0 Å². The summed E-state index contributed by atoms with van der Waals surface area (Å²) in [5.74, 6) is 0. The molecule has 0 aliphatic rings. The van der Waals surface area contributed by atoms with Crippen molar-refractivity contribution in [2.75, 3.05) is 0 Å². The maximum atomic E-state index is 2.18. The van der Waals surface area contributed by atoms with Gasteiger partial charge in [-0.1, -0.05) is 155 Å². The lowest BCUT2D eigenvalue weighted by Gasteiger charge is -2.02. The molecule has 0 heteroatoms. The summed E-state index contributed by atoms with van der Waals surface area (Å²) in [7, 11) is 0. The van der Waals surface area contributed by atoms with Crippen LogP contribution in [0.25, 0.3) is 43.1 Å². The summed E-state index contributed by atoms with van der Waals surface area (Å²) in [4.78, 5) is 0. The Hall–Kier alpha value is -3.64. The summed E-state index contributed by atoms with van der Waals surface area (Å²) in [5.41, 5.74) is 0. The minimum absolute atomic E-state index is 1.25. The van der Waals surface area contributed by atoms with Gasteiger partial charge in [-0.15, -0.1) is 0 Å². The Labute approximate surface area is 198 Å². The molecule has 6 aromatic rings. The van der Waals surface area contributed by atoms with Crippen LogP contribution in [0.1, 0.15) is 34.1 Å². The van der Waals surface area contributed by atoms with Gasteiger partial charge in [0.1, 0.15) is 0 Å². The van der Waals surface area contributed by atoms with Crippen LogP contribution in [0.5, 0.6) is 0 Å². The topological polar surface area (TPSA) is 0 Å². The van der Waals surface area contributed by atoms with Crippen molar-refractivity contribution in [2.45, 2.75) is 34.1 Å². The molecule has 0 nitrogen and oxygen atoms in total. The van der Waals surface area contributed by atoms with E-state index in [1.807, 2.05) is 13.8 Å². The quantitative estimate of drug-likeness (QED) is 0.210. The molecule has 0 amide bonds. The van der Waals surface area contributed by atoms with Crippen LogP contribution in [0.2, 0.25) is 0 Å². The van der Waals surface area contributed by atoms with Gasteiger partial charge in [0, 0.05) is 0 Å². The number of benzene rings is 6. The van der Waals surface area contributed by atoms with E-state index in [1.165, 1.54) is 49.5 Å². The van der Waals surface area contributed by atoms with Crippen LogP contribution in [-0.2, 0) is 0 Å². The van der Waals surface area contributed by atoms with Crippen LogP contribution in [-0.4, -0.2) is 0 Å². The number of hydrogen-bond acceptors (Lipinski definition) is 0. The molecule has 0 saturated carbocycles. The zero-order chi connectivity index (χ0) is 23.5. The fourth-order valence-electron chi connectivity index (χ4n) is 3.91. The maximum Gasteiger partial charge on any atom is -0.0105 e. The highest BCUT2D eigenvalue weighted by Gasteiger charge is 1.98. The number of fused-ring (bicyclic) bond motifs is 6. The first-order chi connectivity index (χ1) is 16.3. The summed E-state index contributed by atoms with van der Waals surface area (Å²) in [6.07, 6.45) is 1.25. The lowest BCUT2D eigenvalue weighted by atomic mass is 10.0. The highest BCUT2D eigenvalue weighted by molar-refractivity contribution is 6.08. The Morgan fingerprint density at radius 2 is 0.515 bits per heavy atom. The second-order valence-electron chi connectivity index (χ2n) is 7.72. The molecule has 0 atom stereocenters. The van der Waals surface area contributed by atoms with Crippen molar-refractivity contribution in [3.8, 4) is 0 Å². The molecule has 0 spiro atoms. The molecule has 0 bridgehead atoms. The van der Waals surface area contributed by atoms with Gasteiger partial charge in [-0.3, -0.25) is 0 Å². The molecule has 0 heterocycles. The summed E-state index contributed by atoms with van der Waals surface area (Å²) >= 11 is 0. The molecular formula is C33H34. The lowest BCUT2D eigenvalue weighted by molar-refractivity contribution is 1.09. The van der Waals surface area contributed by atoms with Gasteiger partial charge in [-0.25, -0.2) is 0 Å². The summed E-state index contributed by atoms with van der Waals surface area (Å²) in [6.45, 7) is 8.25. The van der Waals surface area contributed by atoms with Crippen molar-refractivity contribution >= 4 is 43.1 Å². The molecule has 0 saturated heterocycles. The molecule has 33 heavy (non-hydrogen) atoms. The highest BCUT2D eigenvalue weighted by atomic mass is 14.0. The van der Waals surface area contributed by atoms with Gasteiger partial charge in [0.2, 0.25) is 0 Å². The van der Waals surface area contributed by atoms with E-state index in [4.69, 9.17) is 0 Å². The Morgan fingerprint density at radius 3 is 0.727 bits per heavy atom. The number of rotatable bonds is 0. The largest absolute Gasteiger partial charge is 0.0683 e. The molecule has 6 rings (SSSR count). The predicted molar refractivity (Wildman–Crippen MR) is 150 cm³/mol. The Balaban J connectivity index is 0.000000156. The molecule has 0 fully saturated rings. The highest BCUT2D eigenvalue weighted by Crippen LogP contribution is 2.25. The van der Waals surface area contributed by atoms with E-state index >= 15 is 0 Å². The number of hydrogen-bond donors (Lipinski definition) is 0. The first kappa shape index (κ1) is 24.0. The van der Waals surface area contributed by atoms with E-state index in [2.05, 4.69) is 135 Å². The van der Waals surface area contributed by atoms with Crippen molar-refractivity contribution in [2.24, 2.45) is 0 Å². The molecule has 0 aromatic heterocycles. The minimum Gasteiger partial charge on any atom is -0.0683 e. The monoisotopic (exact) mass is 430 g/mol. The normalized spacial score (nSPS) is 9.94. The third kappa shape index (κ3) is 5.79. The van der Waals surface area contributed by atoms with Crippen molar-refractivity contribution in [1.29, 1.82) is 0 Å². The molecule has 0 aliphatic heterocycles. The molecular weight excluding hydrogens is 396 g/mol. The van der Waals surface area contributed by atoms with Crippen LogP contribution in [0, 0.1) is 0 Å². The summed E-state index contributed by atoms with van der Waals surface area (Å²) in [6, 6.07) is 42.7. The van der Waals surface area contributed by atoms with E-state index in [0.717, 1.165) is 0 Å². The standard InChI is InChI=1S/2C14H10.C3H8.C2H6/c2*1-3-7-13-11(5-1)9-10-12-6-2-4-8-14(12)13;1-3-2;1-2/h2*1-10H;3H2,1-2H3;1-2H3. The zero-order valence-corrected chi connectivity index (χ0v) is 20.3. The van der Waals surface area contributed by atoms with Gasteiger partial charge < -0.3 is 0 Å². The van der Waals surface area contributed by atoms with E-state index in [-0.39, 0.29) is 0 Å². The van der Waals surface area contributed by atoms with E-state index in [1.54, 1.807) is 0 Å². The van der Waals surface area contributed by atoms with Gasteiger partial charge in [-0.2, -0.15) is 0 Å². The average Bonchev–Trinajstić information content (AvgIpc) is 2.90. The smallest absolute Gasteiger partial charge is 0.0105 e. The molecule has 166 valence electrons. The van der Waals surface area contributed by atoms with Crippen LogP contribution in [0.15, 0.2) is 121 Å². The van der Waals surface area contributed by atoms with Crippen molar-refractivity contribution in [1.82, 2.24) is 0 Å². The molecule has 0 unspecified atom stereocenters. The fraction of sp³-hybridized carbons (Fsp3) is 0.152. The molecule has 0 N–H and O–H groups in total. The SMILES string of the molecule is CC.CCC.c1ccc2c(c1)ccc1ccccc12.c1ccc2c(c1)ccc1ccccc12. The first-order valence-electron chi connectivity index (χ1n) is 12.0. The Morgan fingerprint density at radius 1 is 0.333 bits per heavy atom. The first-order valence-corrected chi connectivity index (χ1v) is 12.0. The van der Waals surface area contributed by atoms with E-state index in [9.17, 15) is 0 Å². The Kier molecular flexibility index (Phi) is 9.03. The van der Waals surface area contributed by atoms with Crippen molar-refractivity contribution in [3.05, 3.63) is 121 Å². The van der Waals surface area contributed by atoms with Crippen LogP contribution >= 0.6 is 0 Å². The predicted octanol–water partition coefficient (Wildman–Crippen LogP) is 10.4. The van der Waals surface area contributed by atoms with Crippen molar-refractivity contribution < 1.29 is 0 Å². The zero-order valence-electron chi connectivity index (χ0n) is 20.3. The van der Waals surface area contributed by atoms with Gasteiger partial charge in [0.15, 0.2) is 0 Å². The summed E-state index contributed by atoms with van der Waals surface area (Å²) < 4.78 is 0. The summed E-state index contributed by atoms with van der Waals surface area (Å²) in [5, 5.41) is 10.6. The third-order valence-electron chi connectivity index (χ3n) is 5.31. The fourth-order valence-corrected chi connectivity index (χ4v) is 3.91. The van der Waals surface area contributed by atoms with Gasteiger partial charge in [0.25, 0.3) is 0 Å². The Bertz CT molecular complexity index is 1210. The maximum absolute atomic E-state index is 2.18. The van der Waals surface area contributed by atoms with Gasteiger partial charge >= 0.3 is 0 Å². The average molecular weight is 431 g/mol. The lowest BCUT2D eigenvalue weighted by Crippen LogP contribution is -1.75. The van der Waals surface area contributed by atoms with Crippen LogP contribution in [0.4, 0.5) is 0 Å². The minimum atomic E-state index is 1.25.